The summed E-state index contributed by atoms with van der Waals surface area (Å²) in [7, 11) is 0. The molecule has 1 aromatic rings. The average Bonchev–Trinajstić information content (AvgIpc) is 2.26. The van der Waals surface area contributed by atoms with Gasteiger partial charge < -0.3 is 4.74 Å². The molecule has 2 aliphatic rings. The Morgan fingerprint density at radius 3 is 3.00 bits per heavy atom. The lowest BCUT2D eigenvalue weighted by Gasteiger charge is -2.19. The van der Waals surface area contributed by atoms with Gasteiger partial charge in [0, 0.05) is 0 Å². The van der Waals surface area contributed by atoms with Crippen molar-refractivity contribution in [3.05, 3.63) is 36.2 Å². The van der Waals surface area contributed by atoms with Crippen LogP contribution in [0.3, 0.4) is 0 Å². The molecule has 15 heavy (non-hydrogen) atoms. The van der Waals surface area contributed by atoms with Crippen molar-refractivity contribution in [3.63, 3.8) is 0 Å². The first kappa shape index (κ1) is 8.55. The van der Waals surface area contributed by atoms with Crippen molar-refractivity contribution in [1.29, 1.82) is 0 Å². The predicted molar refractivity (Wildman–Crippen MR) is 60.8 cm³/mol. The summed E-state index contributed by atoms with van der Waals surface area (Å²) < 4.78 is 5.58. The van der Waals surface area contributed by atoms with Crippen LogP contribution in [-0.2, 0) is 0 Å². The lowest BCUT2D eigenvalue weighted by atomic mass is 10.2. The van der Waals surface area contributed by atoms with Gasteiger partial charge in [-0.05, 0) is 12.1 Å². The Hall–Kier alpha value is -1.75. The lowest BCUT2D eigenvalue weighted by Crippen LogP contribution is -2.28. The van der Waals surface area contributed by atoms with Gasteiger partial charge in [0.1, 0.15) is 5.69 Å². The van der Waals surface area contributed by atoms with Gasteiger partial charge in [-0.3, -0.25) is 0 Å². The van der Waals surface area contributed by atoms with Gasteiger partial charge in [-0.1, -0.05) is 12.1 Å². The van der Waals surface area contributed by atoms with E-state index in [4.69, 9.17) is 4.74 Å². The molecule has 0 unspecified atom stereocenters. The predicted octanol–water partition coefficient (Wildman–Crippen LogP) is 1.85. The minimum Gasteiger partial charge on any atom is -0.449 e. The number of amidine groups is 2. The molecule has 0 bridgehead atoms. The van der Waals surface area contributed by atoms with Crippen molar-refractivity contribution in [1.82, 2.24) is 5.32 Å². The topological polar surface area (TPSA) is 48.1 Å². The van der Waals surface area contributed by atoms with Crippen molar-refractivity contribution in [3.8, 4) is 5.75 Å². The second-order valence-electron chi connectivity index (χ2n) is 3.04. The van der Waals surface area contributed by atoms with Crippen LogP contribution in [0.25, 0.3) is 0 Å². The van der Waals surface area contributed by atoms with Gasteiger partial charge in [0.05, 0.1) is 6.20 Å². The molecule has 0 saturated heterocycles. The van der Waals surface area contributed by atoms with E-state index in [2.05, 4.69) is 27.9 Å². The summed E-state index contributed by atoms with van der Waals surface area (Å²) in [6.07, 6.45) is 1.57. The first-order chi connectivity index (χ1) is 7.33. The maximum Gasteiger partial charge on any atom is 0.200 e. The van der Waals surface area contributed by atoms with Gasteiger partial charge in [0.2, 0.25) is 5.84 Å². The van der Waals surface area contributed by atoms with Gasteiger partial charge in [0.15, 0.2) is 16.7 Å². The highest BCUT2D eigenvalue weighted by molar-refractivity contribution is 7.96. The lowest BCUT2D eigenvalue weighted by molar-refractivity contribution is 0.445. The molecule has 0 atom stereocenters. The van der Waals surface area contributed by atoms with Gasteiger partial charge in [0.25, 0.3) is 0 Å². The zero-order valence-corrected chi connectivity index (χ0v) is 8.48. The number of hydrogen-bond donors (Lipinski definition) is 1. The fourth-order valence-corrected chi connectivity index (χ4v) is 1.53. The van der Waals surface area contributed by atoms with E-state index >= 15 is 0 Å². The van der Waals surface area contributed by atoms with Crippen LogP contribution in [0.5, 0.6) is 5.75 Å². The van der Waals surface area contributed by atoms with E-state index in [1.54, 1.807) is 6.20 Å². The first-order valence-electron chi connectivity index (χ1n) is 4.37. The highest BCUT2D eigenvalue weighted by Gasteiger charge is 2.22. The third-order valence-electron chi connectivity index (χ3n) is 2.04. The number of hydrogen-bond acceptors (Lipinski definition) is 3. The van der Waals surface area contributed by atoms with Crippen LogP contribution in [0.15, 0.2) is 46.2 Å². The molecule has 0 N–H and O–H groups in total. The Morgan fingerprint density at radius 2 is 2.07 bits per heavy atom. The van der Waals surface area contributed by atoms with Crippen LogP contribution in [0.4, 0.5) is 5.69 Å². The molecule has 5 heteroatoms. The minimum absolute atomic E-state index is 0.389. The van der Waals surface area contributed by atoms with Gasteiger partial charge in [-0.15, -0.1) is 12.6 Å². The number of rotatable bonds is 0. The van der Waals surface area contributed by atoms with Crippen molar-refractivity contribution in [2.75, 3.05) is 0 Å². The second-order valence-corrected chi connectivity index (χ2v) is 3.44. The molecule has 0 fully saturated rings. The van der Waals surface area contributed by atoms with Crippen molar-refractivity contribution >= 4 is 29.3 Å². The highest BCUT2D eigenvalue weighted by atomic mass is 32.1. The normalized spacial score (nSPS) is 17.3. The summed E-state index contributed by atoms with van der Waals surface area (Å²) in [4.78, 5) is 8.28. The number of aliphatic imine (C=N–C) groups is 2. The second kappa shape index (κ2) is 3.13. The molecule has 73 valence electrons. The zero-order chi connectivity index (χ0) is 10.3. The van der Waals surface area contributed by atoms with Crippen LogP contribution in [-0.4, -0.2) is 11.0 Å². The Kier molecular flexibility index (Phi) is 1.78. The third-order valence-corrected chi connectivity index (χ3v) is 2.25. The van der Waals surface area contributed by atoms with E-state index in [1.165, 1.54) is 0 Å². The smallest absolute Gasteiger partial charge is 0.200 e. The Bertz CT molecular complexity index is 519. The van der Waals surface area contributed by atoms with Crippen molar-refractivity contribution < 1.29 is 4.74 Å². The molecule has 0 aromatic heterocycles. The van der Waals surface area contributed by atoms with E-state index in [9.17, 15) is 0 Å². The molecule has 0 saturated carbocycles. The van der Waals surface area contributed by atoms with Crippen molar-refractivity contribution in [2.45, 2.75) is 0 Å². The molecule has 2 aliphatic heterocycles. The minimum atomic E-state index is 0.389. The molecule has 4 nitrogen and oxygen atoms in total. The van der Waals surface area contributed by atoms with Gasteiger partial charge in [-0.2, -0.15) is 5.32 Å². The summed E-state index contributed by atoms with van der Waals surface area (Å²) in [6, 6.07) is 7.53. The van der Waals surface area contributed by atoms with E-state index in [1.807, 2.05) is 24.3 Å². The summed E-state index contributed by atoms with van der Waals surface area (Å²) in [5.74, 6) is 1.81. The van der Waals surface area contributed by atoms with Crippen LogP contribution < -0.4 is 10.1 Å². The molecular weight excluding hydrogens is 210 g/mol. The number of fused-ring (bicyclic) bond motifs is 2. The van der Waals surface area contributed by atoms with Crippen LogP contribution in [0, 0.1) is 0 Å². The maximum atomic E-state index is 5.58. The Balaban J connectivity index is 2.11. The van der Waals surface area contributed by atoms with Gasteiger partial charge >= 0.3 is 0 Å². The maximum absolute atomic E-state index is 5.58. The fraction of sp³-hybridized carbons (Fsp3) is 0. The number of para-hydroxylation sites is 2. The summed E-state index contributed by atoms with van der Waals surface area (Å²) in [5, 5.41) is 4.46. The number of benzene rings is 1. The fourth-order valence-electron chi connectivity index (χ4n) is 1.37. The van der Waals surface area contributed by atoms with E-state index in [0.717, 1.165) is 11.4 Å². The standard InChI is InChI=1S/C10H6N3OS/c15-10-11-5-8-9(13-10)12-6-3-1-2-4-7(6)14-8/h1-5H,(H,11,15). The van der Waals surface area contributed by atoms with Crippen LogP contribution >= 0.6 is 12.6 Å². The van der Waals surface area contributed by atoms with Crippen molar-refractivity contribution in [2.24, 2.45) is 9.98 Å². The summed E-state index contributed by atoms with van der Waals surface area (Å²) in [5.41, 5.74) is 0.774. The largest absolute Gasteiger partial charge is 0.449 e. The van der Waals surface area contributed by atoms with Gasteiger partial charge in [-0.25, -0.2) is 9.98 Å². The average molecular weight is 216 g/mol. The monoisotopic (exact) mass is 216 g/mol. The number of nitrogens with zero attached hydrogens (tertiary/aromatic N) is 3. The Morgan fingerprint density at radius 1 is 1.20 bits per heavy atom. The SMILES string of the molecule is SC1=NC=C2Oc3ccccc3N=C2[N]1. The molecule has 0 aliphatic carbocycles. The molecule has 0 amide bonds. The quantitative estimate of drug-likeness (QED) is 0.661. The zero-order valence-electron chi connectivity index (χ0n) is 7.58. The molecule has 3 rings (SSSR count). The van der Waals surface area contributed by atoms with E-state index in [-0.39, 0.29) is 0 Å². The summed E-state index contributed by atoms with van der Waals surface area (Å²) in [6.45, 7) is 0. The van der Waals surface area contributed by atoms with Crippen LogP contribution in [0.2, 0.25) is 0 Å². The van der Waals surface area contributed by atoms with Crippen LogP contribution in [0.1, 0.15) is 0 Å². The molecule has 1 aromatic carbocycles. The first-order valence-corrected chi connectivity index (χ1v) is 4.82. The highest BCUT2D eigenvalue weighted by Crippen LogP contribution is 2.33. The van der Waals surface area contributed by atoms with E-state index < -0.39 is 0 Å². The summed E-state index contributed by atoms with van der Waals surface area (Å²) >= 11 is 4.05. The van der Waals surface area contributed by atoms with E-state index in [0.29, 0.717) is 16.8 Å². The number of thiol groups is 1. The molecule has 2 heterocycles. The molecular formula is C10H6N3OS. The third kappa shape index (κ3) is 1.41. The molecule has 0 spiro atoms. The number of ether oxygens (including phenoxy) is 1. The molecule has 1 radical (unpaired) electrons. The Labute approximate surface area is 91.8 Å².